The fraction of sp³-hybridized carbons (Fsp3) is 0.636. The van der Waals surface area contributed by atoms with Gasteiger partial charge in [-0.3, -0.25) is 19.4 Å². The highest BCUT2D eigenvalue weighted by molar-refractivity contribution is 5.81. The Morgan fingerprint density at radius 2 is 1.63 bits per heavy atom. The molecule has 0 bridgehead atoms. The molecule has 1 aromatic rings. The van der Waals surface area contributed by atoms with Gasteiger partial charge in [0.1, 0.15) is 18.1 Å². The molecule has 0 atom stereocenters. The van der Waals surface area contributed by atoms with E-state index in [1.807, 2.05) is 49.9 Å². The highest BCUT2D eigenvalue weighted by atomic mass is 16.5. The van der Waals surface area contributed by atoms with Crippen LogP contribution in [-0.4, -0.2) is 98.6 Å². The monoisotopic (exact) mass is 420 g/mol. The summed E-state index contributed by atoms with van der Waals surface area (Å²) in [5, 5.41) is 2.92. The summed E-state index contributed by atoms with van der Waals surface area (Å²) in [6.45, 7) is 10.8. The van der Waals surface area contributed by atoms with E-state index in [1.54, 1.807) is 19.1 Å². The van der Waals surface area contributed by atoms with E-state index in [4.69, 9.17) is 9.47 Å². The predicted octanol–water partition coefficient (Wildman–Crippen LogP) is 1.06. The first-order chi connectivity index (χ1) is 14.2. The number of hydrogen-bond acceptors (Lipinski definition) is 6. The largest absolute Gasteiger partial charge is 0.497 e. The van der Waals surface area contributed by atoms with Crippen LogP contribution in [0.25, 0.3) is 0 Å². The minimum absolute atomic E-state index is 0.0650. The van der Waals surface area contributed by atoms with Crippen molar-refractivity contribution in [1.82, 2.24) is 20.0 Å². The fourth-order valence-electron chi connectivity index (χ4n) is 3.28. The normalized spacial score (nSPS) is 15.2. The number of rotatable bonds is 9. The minimum atomic E-state index is -0.269. The second-order valence-electron chi connectivity index (χ2n) is 8.72. The van der Waals surface area contributed by atoms with Gasteiger partial charge in [-0.25, -0.2) is 0 Å². The Morgan fingerprint density at radius 1 is 1.03 bits per heavy atom. The standard InChI is InChI=1S/C22H36N4O4/c1-22(2,3)23-20(27)16-24(4)17-21(28)26-12-10-25(11-13-26)14-15-30-19-8-6-18(29-5)7-9-19/h6-9H,10-17H2,1-5H3,(H,23,27). The zero-order valence-electron chi connectivity index (χ0n) is 18.9. The lowest BCUT2D eigenvalue weighted by Gasteiger charge is -2.35. The first-order valence-corrected chi connectivity index (χ1v) is 10.4. The maximum absolute atomic E-state index is 12.5. The molecule has 0 spiro atoms. The van der Waals surface area contributed by atoms with Gasteiger partial charge in [0.25, 0.3) is 0 Å². The molecule has 0 unspecified atom stereocenters. The summed E-state index contributed by atoms with van der Waals surface area (Å²) in [5.41, 5.74) is -0.269. The van der Waals surface area contributed by atoms with E-state index in [-0.39, 0.29) is 30.4 Å². The number of carbonyl (C=O) groups excluding carboxylic acids is 2. The highest BCUT2D eigenvalue weighted by Gasteiger charge is 2.23. The number of methoxy groups -OCH3 is 1. The molecule has 2 amide bonds. The van der Waals surface area contributed by atoms with Crippen LogP contribution in [0.3, 0.4) is 0 Å². The Kier molecular flexibility index (Phi) is 8.92. The van der Waals surface area contributed by atoms with E-state index in [0.717, 1.165) is 31.1 Å². The average Bonchev–Trinajstić information content (AvgIpc) is 2.67. The van der Waals surface area contributed by atoms with E-state index in [2.05, 4.69) is 10.2 Å². The summed E-state index contributed by atoms with van der Waals surface area (Å²) in [7, 11) is 3.44. The third-order valence-electron chi connectivity index (χ3n) is 4.79. The van der Waals surface area contributed by atoms with Gasteiger partial charge in [0.15, 0.2) is 0 Å². The Morgan fingerprint density at radius 3 is 2.20 bits per heavy atom. The van der Waals surface area contributed by atoms with Gasteiger partial charge in [0.05, 0.1) is 20.2 Å². The lowest BCUT2D eigenvalue weighted by atomic mass is 10.1. The van der Waals surface area contributed by atoms with Crippen molar-refractivity contribution in [3.05, 3.63) is 24.3 Å². The number of ether oxygens (including phenoxy) is 2. The summed E-state index contributed by atoms with van der Waals surface area (Å²) >= 11 is 0. The Hall–Kier alpha value is -2.32. The zero-order chi connectivity index (χ0) is 22.1. The van der Waals surface area contributed by atoms with Gasteiger partial charge in [-0.2, -0.15) is 0 Å². The summed E-state index contributed by atoms with van der Waals surface area (Å²) in [4.78, 5) is 30.5. The number of hydrogen-bond donors (Lipinski definition) is 1. The molecule has 1 heterocycles. The molecule has 0 saturated carbocycles. The van der Waals surface area contributed by atoms with E-state index in [0.29, 0.717) is 19.7 Å². The van der Waals surface area contributed by atoms with Crippen LogP contribution in [0.5, 0.6) is 11.5 Å². The molecule has 1 aliphatic heterocycles. The molecule has 0 aromatic heterocycles. The van der Waals surface area contributed by atoms with Crippen molar-refractivity contribution in [1.29, 1.82) is 0 Å². The third kappa shape index (κ3) is 8.59. The van der Waals surface area contributed by atoms with Crippen LogP contribution >= 0.6 is 0 Å². The summed E-state index contributed by atoms with van der Waals surface area (Å²) in [6, 6.07) is 7.55. The first-order valence-electron chi connectivity index (χ1n) is 10.4. The molecule has 2 rings (SSSR count). The maximum atomic E-state index is 12.5. The number of carbonyl (C=O) groups is 2. The summed E-state index contributed by atoms with van der Waals surface area (Å²) in [6.07, 6.45) is 0. The molecular formula is C22H36N4O4. The van der Waals surface area contributed by atoms with E-state index in [9.17, 15) is 9.59 Å². The minimum Gasteiger partial charge on any atom is -0.497 e. The molecule has 0 radical (unpaired) electrons. The second-order valence-corrected chi connectivity index (χ2v) is 8.72. The number of amides is 2. The maximum Gasteiger partial charge on any atom is 0.236 e. The molecule has 1 saturated heterocycles. The molecule has 1 N–H and O–H groups in total. The van der Waals surface area contributed by atoms with Gasteiger partial charge in [-0.05, 0) is 52.1 Å². The van der Waals surface area contributed by atoms with Crippen molar-refractivity contribution in [3.8, 4) is 11.5 Å². The second kappa shape index (κ2) is 11.2. The van der Waals surface area contributed by atoms with Crippen molar-refractivity contribution in [2.45, 2.75) is 26.3 Å². The quantitative estimate of drug-likeness (QED) is 0.644. The molecule has 1 aromatic carbocycles. The molecule has 0 aliphatic carbocycles. The van der Waals surface area contributed by atoms with Crippen molar-refractivity contribution < 1.29 is 19.1 Å². The zero-order valence-corrected chi connectivity index (χ0v) is 18.9. The van der Waals surface area contributed by atoms with Crippen LogP contribution in [0.15, 0.2) is 24.3 Å². The van der Waals surface area contributed by atoms with E-state index in [1.165, 1.54) is 0 Å². The van der Waals surface area contributed by atoms with Crippen LogP contribution in [0.4, 0.5) is 0 Å². The van der Waals surface area contributed by atoms with Gasteiger partial charge >= 0.3 is 0 Å². The lowest BCUT2D eigenvalue weighted by molar-refractivity contribution is -0.134. The molecule has 1 aliphatic rings. The average molecular weight is 421 g/mol. The smallest absolute Gasteiger partial charge is 0.236 e. The molecule has 168 valence electrons. The van der Waals surface area contributed by atoms with Crippen molar-refractivity contribution >= 4 is 11.8 Å². The topological polar surface area (TPSA) is 74.4 Å². The third-order valence-corrected chi connectivity index (χ3v) is 4.79. The SMILES string of the molecule is COc1ccc(OCCN2CCN(C(=O)CN(C)CC(=O)NC(C)(C)C)CC2)cc1. The van der Waals surface area contributed by atoms with Crippen molar-refractivity contribution in [3.63, 3.8) is 0 Å². The molecule has 30 heavy (non-hydrogen) atoms. The van der Waals surface area contributed by atoms with Gasteiger partial charge < -0.3 is 19.7 Å². The van der Waals surface area contributed by atoms with Gasteiger partial charge in [0, 0.05) is 38.3 Å². The number of likely N-dealkylation sites (N-methyl/N-ethyl adjacent to an activating group) is 1. The van der Waals surface area contributed by atoms with Gasteiger partial charge in [-0.15, -0.1) is 0 Å². The lowest BCUT2D eigenvalue weighted by Crippen LogP contribution is -2.52. The van der Waals surface area contributed by atoms with Gasteiger partial charge in [0.2, 0.25) is 11.8 Å². The van der Waals surface area contributed by atoms with E-state index >= 15 is 0 Å². The molecule has 8 nitrogen and oxygen atoms in total. The van der Waals surface area contributed by atoms with Crippen molar-refractivity contribution in [2.24, 2.45) is 0 Å². The highest BCUT2D eigenvalue weighted by Crippen LogP contribution is 2.17. The van der Waals surface area contributed by atoms with Crippen molar-refractivity contribution in [2.75, 3.05) is 66.6 Å². The summed E-state index contributed by atoms with van der Waals surface area (Å²) in [5.74, 6) is 1.63. The van der Waals surface area contributed by atoms with Crippen LogP contribution < -0.4 is 14.8 Å². The predicted molar refractivity (Wildman–Crippen MR) is 117 cm³/mol. The van der Waals surface area contributed by atoms with Crippen LogP contribution in [0.1, 0.15) is 20.8 Å². The summed E-state index contributed by atoms with van der Waals surface area (Å²) < 4.78 is 10.9. The van der Waals surface area contributed by atoms with Gasteiger partial charge in [-0.1, -0.05) is 0 Å². The van der Waals surface area contributed by atoms with Crippen LogP contribution in [0, 0.1) is 0 Å². The Bertz CT molecular complexity index is 679. The Balaban J connectivity index is 1.64. The molecule has 1 fully saturated rings. The number of nitrogens with one attached hydrogen (secondary N) is 1. The first kappa shape index (κ1) is 24.0. The molecule has 8 heteroatoms. The van der Waals surface area contributed by atoms with Crippen LogP contribution in [0.2, 0.25) is 0 Å². The number of piperazine rings is 1. The number of benzene rings is 1. The Labute approximate surface area is 180 Å². The van der Waals surface area contributed by atoms with Crippen LogP contribution in [-0.2, 0) is 9.59 Å². The molecular weight excluding hydrogens is 384 g/mol. The fourth-order valence-corrected chi connectivity index (χ4v) is 3.28. The van der Waals surface area contributed by atoms with E-state index < -0.39 is 0 Å². The number of nitrogens with zero attached hydrogens (tertiary/aromatic N) is 3.